The van der Waals surface area contributed by atoms with Crippen molar-refractivity contribution < 1.29 is 9.59 Å². The lowest BCUT2D eigenvalue weighted by molar-refractivity contribution is -0.131. The van der Waals surface area contributed by atoms with E-state index in [2.05, 4.69) is 36.5 Å². The zero-order valence-electron chi connectivity index (χ0n) is 15.2. The number of nitrogens with zero attached hydrogens (tertiary/aromatic N) is 1. The molecule has 0 saturated carbocycles. The van der Waals surface area contributed by atoms with E-state index in [1.165, 1.54) is 5.56 Å². The van der Waals surface area contributed by atoms with Crippen molar-refractivity contribution in [1.29, 1.82) is 0 Å². The molecule has 26 heavy (non-hydrogen) atoms. The summed E-state index contributed by atoms with van der Waals surface area (Å²) in [6.45, 7) is 3.00. The van der Waals surface area contributed by atoms with Crippen molar-refractivity contribution >= 4 is 11.8 Å². The average Bonchev–Trinajstić information content (AvgIpc) is 3.17. The number of carbonyl (C=O) groups excluding carboxylic acids is 2. The molecule has 2 aromatic carbocycles. The largest absolute Gasteiger partial charge is 0.343 e. The van der Waals surface area contributed by atoms with Gasteiger partial charge in [0.2, 0.25) is 5.91 Å². The fraction of sp³-hybridized carbons (Fsp3) is 0.364. The van der Waals surface area contributed by atoms with Gasteiger partial charge in [-0.25, -0.2) is 0 Å². The van der Waals surface area contributed by atoms with Crippen LogP contribution in [0.2, 0.25) is 0 Å². The average molecular weight is 350 g/mol. The maximum Gasteiger partial charge on any atom is 0.251 e. The Morgan fingerprint density at radius 1 is 1.08 bits per heavy atom. The Balaban J connectivity index is 1.64. The molecule has 0 aromatic heterocycles. The summed E-state index contributed by atoms with van der Waals surface area (Å²) in [5.74, 6) is 0.142. The van der Waals surface area contributed by atoms with E-state index in [4.69, 9.17) is 0 Å². The van der Waals surface area contributed by atoms with Gasteiger partial charge in [-0.15, -0.1) is 0 Å². The van der Waals surface area contributed by atoms with Gasteiger partial charge in [-0.05, 0) is 37.0 Å². The van der Waals surface area contributed by atoms with Gasteiger partial charge in [-0.2, -0.15) is 0 Å². The van der Waals surface area contributed by atoms with Crippen molar-refractivity contribution in [2.75, 3.05) is 13.1 Å². The molecule has 2 amide bonds. The van der Waals surface area contributed by atoms with Crippen LogP contribution in [0.3, 0.4) is 0 Å². The predicted molar refractivity (Wildman–Crippen MR) is 103 cm³/mol. The second kappa shape index (κ2) is 8.65. The number of hydrogen-bond donors (Lipinski definition) is 1. The number of hydrogen-bond acceptors (Lipinski definition) is 2. The number of rotatable bonds is 6. The highest BCUT2D eigenvalue weighted by Crippen LogP contribution is 2.33. The number of amides is 2. The molecule has 136 valence electrons. The molecule has 0 aliphatic carbocycles. The van der Waals surface area contributed by atoms with E-state index in [1.54, 1.807) is 12.1 Å². The van der Waals surface area contributed by atoms with Crippen LogP contribution in [-0.2, 0) is 4.79 Å². The summed E-state index contributed by atoms with van der Waals surface area (Å²) in [7, 11) is 0. The molecule has 1 heterocycles. The van der Waals surface area contributed by atoms with Gasteiger partial charge in [0.25, 0.3) is 5.91 Å². The van der Waals surface area contributed by atoms with E-state index in [1.807, 2.05) is 29.2 Å². The van der Waals surface area contributed by atoms with Crippen LogP contribution in [-0.4, -0.2) is 35.8 Å². The summed E-state index contributed by atoms with van der Waals surface area (Å²) in [5.41, 5.74) is 1.86. The van der Waals surface area contributed by atoms with Crippen LogP contribution >= 0.6 is 0 Å². The standard InChI is InChI=1S/C22H26N2O2/c1-2-19(17-10-5-3-6-11-17)20-14-9-15-24(20)21(25)16-23-22(26)18-12-7-4-8-13-18/h3-8,10-13,19-20H,2,9,14-16H2,1H3,(H,23,26). The summed E-state index contributed by atoms with van der Waals surface area (Å²) < 4.78 is 0. The molecule has 3 rings (SSSR count). The van der Waals surface area contributed by atoms with E-state index < -0.39 is 0 Å². The molecule has 0 bridgehead atoms. The maximum atomic E-state index is 12.8. The lowest BCUT2D eigenvalue weighted by atomic mass is 9.87. The van der Waals surface area contributed by atoms with Gasteiger partial charge < -0.3 is 10.2 Å². The lowest BCUT2D eigenvalue weighted by Gasteiger charge is -2.31. The van der Waals surface area contributed by atoms with E-state index in [-0.39, 0.29) is 24.4 Å². The molecule has 0 spiro atoms. The summed E-state index contributed by atoms with van der Waals surface area (Å²) in [6, 6.07) is 19.6. The molecule has 1 saturated heterocycles. The van der Waals surface area contributed by atoms with E-state index in [0.29, 0.717) is 11.5 Å². The predicted octanol–water partition coefficient (Wildman–Crippen LogP) is 3.60. The van der Waals surface area contributed by atoms with Crippen LogP contribution < -0.4 is 5.32 Å². The zero-order chi connectivity index (χ0) is 18.4. The number of carbonyl (C=O) groups is 2. The van der Waals surface area contributed by atoms with Crippen molar-refractivity contribution in [1.82, 2.24) is 10.2 Å². The molecule has 2 unspecified atom stereocenters. The Hall–Kier alpha value is -2.62. The normalized spacial score (nSPS) is 17.7. The Labute approximate surface area is 155 Å². The van der Waals surface area contributed by atoms with Crippen molar-refractivity contribution in [3.63, 3.8) is 0 Å². The van der Waals surface area contributed by atoms with Crippen LogP contribution in [0.5, 0.6) is 0 Å². The molecule has 1 N–H and O–H groups in total. The Morgan fingerprint density at radius 2 is 1.73 bits per heavy atom. The highest BCUT2D eigenvalue weighted by molar-refractivity contribution is 5.96. The Kier molecular flexibility index (Phi) is 6.05. The number of likely N-dealkylation sites (tertiary alicyclic amines) is 1. The molecule has 4 nitrogen and oxygen atoms in total. The van der Waals surface area contributed by atoms with Gasteiger partial charge >= 0.3 is 0 Å². The van der Waals surface area contributed by atoms with Gasteiger partial charge in [0.1, 0.15) is 0 Å². The molecule has 4 heteroatoms. The van der Waals surface area contributed by atoms with Gasteiger partial charge in [-0.3, -0.25) is 9.59 Å². The smallest absolute Gasteiger partial charge is 0.251 e. The third kappa shape index (κ3) is 4.13. The fourth-order valence-electron chi connectivity index (χ4n) is 3.90. The van der Waals surface area contributed by atoms with Crippen molar-refractivity contribution in [2.45, 2.75) is 38.1 Å². The molecular formula is C22H26N2O2. The van der Waals surface area contributed by atoms with E-state index in [9.17, 15) is 9.59 Å². The molecule has 2 atom stereocenters. The molecule has 1 aliphatic heterocycles. The molecule has 1 aliphatic rings. The second-order valence-corrected chi connectivity index (χ2v) is 6.77. The minimum Gasteiger partial charge on any atom is -0.343 e. The van der Waals surface area contributed by atoms with Crippen LogP contribution in [0.4, 0.5) is 0 Å². The highest BCUT2D eigenvalue weighted by Gasteiger charge is 2.34. The van der Waals surface area contributed by atoms with Crippen molar-refractivity contribution in [2.24, 2.45) is 0 Å². The summed E-state index contributed by atoms with van der Waals surface area (Å²) in [4.78, 5) is 26.9. The molecular weight excluding hydrogens is 324 g/mol. The van der Waals surface area contributed by atoms with Crippen molar-refractivity contribution in [3.8, 4) is 0 Å². The van der Waals surface area contributed by atoms with Gasteiger partial charge in [0.15, 0.2) is 0 Å². The van der Waals surface area contributed by atoms with Crippen molar-refractivity contribution in [3.05, 3.63) is 71.8 Å². The monoisotopic (exact) mass is 350 g/mol. The minimum atomic E-state index is -0.204. The van der Waals surface area contributed by atoms with Gasteiger partial charge in [0, 0.05) is 24.1 Å². The summed E-state index contributed by atoms with van der Waals surface area (Å²) >= 11 is 0. The van der Waals surface area contributed by atoms with Gasteiger partial charge in [-0.1, -0.05) is 55.5 Å². The first-order valence-electron chi connectivity index (χ1n) is 9.38. The third-order valence-corrected chi connectivity index (χ3v) is 5.19. The molecule has 2 aromatic rings. The highest BCUT2D eigenvalue weighted by atomic mass is 16.2. The third-order valence-electron chi connectivity index (χ3n) is 5.19. The Morgan fingerprint density at radius 3 is 2.38 bits per heavy atom. The van der Waals surface area contributed by atoms with Gasteiger partial charge in [0.05, 0.1) is 6.54 Å². The number of benzene rings is 2. The SMILES string of the molecule is CCC(c1ccccc1)C1CCCN1C(=O)CNC(=O)c1ccccc1. The van der Waals surface area contributed by atoms with Crippen LogP contribution in [0.1, 0.15) is 48.0 Å². The van der Waals surface area contributed by atoms with Crippen LogP contribution in [0, 0.1) is 0 Å². The second-order valence-electron chi connectivity index (χ2n) is 6.77. The van der Waals surface area contributed by atoms with Crippen LogP contribution in [0.25, 0.3) is 0 Å². The van der Waals surface area contributed by atoms with E-state index in [0.717, 1.165) is 25.8 Å². The van der Waals surface area contributed by atoms with Crippen LogP contribution in [0.15, 0.2) is 60.7 Å². The fourth-order valence-corrected chi connectivity index (χ4v) is 3.90. The molecule has 1 fully saturated rings. The number of nitrogens with one attached hydrogen (secondary N) is 1. The first kappa shape index (κ1) is 18.2. The minimum absolute atomic E-state index is 0.00571. The zero-order valence-corrected chi connectivity index (χ0v) is 15.2. The molecule has 0 radical (unpaired) electrons. The quantitative estimate of drug-likeness (QED) is 0.865. The lowest BCUT2D eigenvalue weighted by Crippen LogP contribution is -2.44. The van der Waals surface area contributed by atoms with E-state index >= 15 is 0 Å². The first-order chi connectivity index (χ1) is 12.7. The summed E-state index contributed by atoms with van der Waals surface area (Å²) in [5, 5.41) is 2.76. The maximum absolute atomic E-state index is 12.8. The summed E-state index contributed by atoms with van der Waals surface area (Å²) in [6.07, 6.45) is 3.03. The Bertz CT molecular complexity index is 730. The topological polar surface area (TPSA) is 49.4 Å². The first-order valence-corrected chi connectivity index (χ1v) is 9.38.